The van der Waals surface area contributed by atoms with Crippen LogP contribution in [0.15, 0.2) is 48.0 Å². The molecule has 10 nitrogen and oxygen atoms in total. The van der Waals surface area contributed by atoms with Gasteiger partial charge in [-0.25, -0.2) is 13.2 Å². The number of ether oxygens (including phenoxy) is 1. The SMILES string of the molecule is C/C=C1\CN2CCCC2(COc2nc(N3CCCn4nc(C(=O)N(C)C)cc4C3)c3cc(F)c(-c4cc(O)cc5ccc(F)c(CC)c45)c(F)c3n2)C1. The van der Waals surface area contributed by atoms with E-state index in [-0.39, 0.29) is 64.0 Å². The predicted molar refractivity (Wildman–Crippen MR) is 197 cm³/mol. The molecule has 3 aromatic carbocycles. The summed E-state index contributed by atoms with van der Waals surface area (Å²) in [5.41, 5.74) is 1.91. The van der Waals surface area contributed by atoms with E-state index in [1.165, 1.54) is 40.8 Å². The van der Waals surface area contributed by atoms with Crippen LogP contribution in [-0.4, -0.2) is 86.4 Å². The van der Waals surface area contributed by atoms with Gasteiger partial charge in [0.25, 0.3) is 5.91 Å². The van der Waals surface area contributed by atoms with Crippen LogP contribution in [0.1, 0.15) is 61.3 Å². The van der Waals surface area contributed by atoms with E-state index in [0.717, 1.165) is 38.0 Å². The third-order valence-electron chi connectivity index (χ3n) is 11.1. The van der Waals surface area contributed by atoms with Crippen LogP contribution in [0.4, 0.5) is 19.0 Å². The number of benzene rings is 3. The third kappa shape index (κ3) is 5.94. The minimum Gasteiger partial charge on any atom is -0.508 e. The Kier molecular flexibility index (Phi) is 8.79. The molecular weight excluding hydrogens is 683 g/mol. The second-order valence-corrected chi connectivity index (χ2v) is 14.6. The summed E-state index contributed by atoms with van der Waals surface area (Å²) in [5, 5.41) is 16.1. The zero-order valence-electron chi connectivity index (χ0n) is 30.3. The van der Waals surface area contributed by atoms with Gasteiger partial charge in [-0.05, 0) is 97.8 Å². The van der Waals surface area contributed by atoms with Gasteiger partial charge in [0, 0.05) is 39.1 Å². The van der Waals surface area contributed by atoms with Crippen molar-refractivity contribution in [3.05, 3.63) is 82.5 Å². The Morgan fingerprint density at radius 1 is 1.04 bits per heavy atom. The molecule has 53 heavy (non-hydrogen) atoms. The number of halogens is 3. The smallest absolute Gasteiger partial charge is 0.319 e. The average molecular weight is 726 g/mol. The van der Waals surface area contributed by atoms with E-state index >= 15 is 13.2 Å². The number of carbonyl (C=O) groups is 1. The van der Waals surface area contributed by atoms with Crippen LogP contribution in [0.5, 0.6) is 11.8 Å². The summed E-state index contributed by atoms with van der Waals surface area (Å²) in [7, 11) is 3.33. The molecule has 5 aromatic rings. The summed E-state index contributed by atoms with van der Waals surface area (Å²) >= 11 is 0. The van der Waals surface area contributed by atoms with Crippen molar-refractivity contribution in [2.75, 3.05) is 45.2 Å². The number of phenols is 1. The molecule has 3 aliphatic heterocycles. The number of amides is 1. The number of rotatable bonds is 7. The molecule has 2 aromatic heterocycles. The summed E-state index contributed by atoms with van der Waals surface area (Å²) in [6.07, 6.45) is 5.89. The maximum atomic E-state index is 17.2. The number of hydrogen-bond acceptors (Lipinski definition) is 8. The summed E-state index contributed by atoms with van der Waals surface area (Å²) in [6.45, 7) is 7.23. The van der Waals surface area contributed by atoms with Crippen molar-refractivity contribution in [3.63, 3.8) is 0 Å². The van der Waals surface area contributed by atoms with Crippen LogP contribution < -0.4 is 9.64 Å². The molecule has 0 saturated carbocycles. The monoisotopic (exact) mass is 725 g/mol. The van der Waals surface area contributed by atoms with Gasteiger partial charge in [0.2, 0.25) is 0 Å². The molecule has 2 fully saturated rings. The maximum absolute atomic E-state index is 17.2. The van der Waals surface area contributed by atoms with Crippen molar-refractivity contribution < 1.29 is 27.8 Å². The van der Waals surface area contributed by atoms with E-state index in [1.54, 1.807) is 31.8 Å². The molecule has 0 spiro atoms. The van der Waals surface area contributed by atoms with E-state index in [1.807, 2.05) is 11.8 Å². The number of carbonyl (C=O) groups excluding carboxylic acids is 1. The first-order chi connectivity index (χ1) is 25.5. The molecule has 8 rings (SSSR count). The van der Waals surface area contributed by atoms with Gasteiger partial charge in [0.1, 0.15) is 35.3 Å². The Morgan fingerprint density at radius 2 is 1.87 bits per heavy atom. The quantitative estimate of drug-likeness (QED) is 0.179. The third-order valence-corrected chi connectivity index (χ3v) is 11.1. The molecule has 0 bridgehead atoms. The van der Waals surface area contributed by atoms with Gasteiger partial charge < -0.3 is 19.6 Å². The molecule has 0 radical (unpaired) electrons. The summed E-state index contributed by atoms with van der Waals surface area (Å²) in [4.78, 5) is 28.0. The first kappa shape index (κ1) is 34.9. The first-order valence-electron chi connectivity index (χ1n) is 18.2. The van der Waals surface area contributed by atoms with Gasteiger partial charge in [0.05, 0.1) is 23.3 Å². The van der Waals surface area contributed by atoms with E-state index in [0.29, 0.717) is 42.6 Å². The largest absolute Gasteiger partial charge is 0.508 e. The van der Waals surface area contributed by atoms with E-state index in [2.05, 4.69) is 21.1 Å². The van der Waals surface area contributed by atoms with Crippen LogP contribution in [0.3, 0.4) is 0 Å². The molecule has 1 N–H and O–H groups in total. The topological polar surface area (TPSA) is 99.9 Å². The van der Waals surface area contributed by atoms with Crippen LogP contribution in [0.25, 0.3) is 32.8 Å². The molecule has 0 aliphatic carbocycles. The summed E-state index contributed by atoms with van der Waals surface area (Å²) < 4.78 is 57.2. The minimum absolute atomic E-state index is 0.0259. The molecule has 5 heterocycles. The number of fused-ring (bicyclic) bond motifs is 4. The lowest BCUT2D eigenvalue weighted by atomic mass is 9.91. The molecular formula is C40H42F3N7O3. The van der Waals surface area contributed by atoms with Crippen molar-refractivity contribution in [1.82, 2.24) is 29.5 Å². The number of aromatic nitrogens is 4. The van der Waals surface area contributed by atoms with Gasteiger partial charge in [-0.2, -0.15) is 15.1 Å². The second-order valence-electron chi connectivity index (χ2n) is 14.6. The Labute approximate surface area is 305 Å². The van der Waals surface area contributed by atoms with Gasteiger partial charge >= 0.3 is 6.01 Å². The summed E-state index contributed by atoms with van der Waals surface area (Å²) in [5.74, 6) is -2.53. The zero-order chi connectivity index (χ0) is 37.2. The number of aryl methyl sites for hydroxylation is 2. The van der Waals surface area contributed by atoms with Crippen LogP contribution in [0.2, 0.25) is 0 Å². The van der Waals surface area contributed by atoms with Gasteiger partial charge in [-0.1, -0.05) is 24.6 Å². The highest BCUT2D eigenvalue weighted by atomic mass is 19.1. The van der Waals surface area contributed by atoms with E-state index in [9.17, 15) is 9.90 Å². The molecule has 276 valence electrons. The number of phenolic OH excluding ortho intramolecular Hbond substituents is 1. The highest BCUT2D eigenvalue weighted by Crippen LogP contribution is 2.44. The van der Waals surface area contributed by atoms with Crippen molar-refractivity contribution in [1.29, 1.82) is 0 Å². The first-order valence-corrected chi connectivity index (χ1v) is 18.2. The predicted octanol–water partition coefficient (Wildman–Crippen LogP) is 7.01. The highest BCUT2D eigenvalue weighted by Gasteiger charge is 2.47. The lowest BCUT2D eigenvalue weighted by Crippen LogP contribution is -2.43. The van der Waals surface area contributed by atoms with Gasteiger partial charge in [0.15, 0.2) is 11.5 Å². The summed E-state index contributed by atoms with van der Waals surface area (Å²) in [6, 6.07) is 8.42. The lowest BCUT2D eigenvalue weighted by molar-refractivity contribution is 0.0821. The van der Waals surface area contributed by atoms with Crippen molar-refractivity contribution >= 4 is 33.4 Å². The zero-order valence-corrected chi connectivity index (χ0v) is 30.3. The average Bonchev–Trinajstić information content (AvgIpc) is 3.78. The highest BCUT2D eigenvalue weighted by molar-refractivity contribution is 6.03. The molecule has 3 aliphatic rings. The lowest BCUT2D eigenvalue weighted by Gasteiger charge is -2.31. The van der Waals surface area contributed by atoms with Crippen molar-refractivity contribution in [3.8, 4) is 22.9 Å². The fourth-order valence-electron chi connectivity index (χ4n) is 8.50. The van der Waals surface area contributed by atoms with Crippen LogP contribution >= 0.6 is 0 Å². The van der Waals surface area contributed by atoms with Crippen LogP contribution in [-0.2, 0) is 19.5 Å². The van der Waals surface area contributed by atoms with E-state index in [4.69, 9.17) is 9.72 Å². The van der Waals surface area contributed by atoms with Crippen molar-refractivity contribution in [2.45, 2.75) is 64.6 Å². The number of anilines is 1. The molecule has 13 heteroatoms. The standard InChI is InChI=1S/C40H42F3N7O3/c1-5-23-19-40(11-7-13-49(40)20-23)22-53-39-44-36-29(37(45-39)48-12-8-14-50-25(21-48)16-32(46-50)38(52)47(3)4)18-31(42)34(35(36)43)28-17-26(51)15-24-9-10-30(41)27(6-2)33(24)28/h5,9-10,15-18,51H,6-8,11-14,19-22H2,1-4H3/b23-5-. The minimum atomic E-state index is -0.969. The number of aromatic hydroxyl groups is 1. The van der Waals surface area contributed by atoms with Crippen LogP contribution in [0, 0.1) is 17.5 Å². The molecule has 1 atom stereocenters. The molecule has 2 saturated heterocycles. The molecule has 1 unspecified atom stereocenters. The maximum Gasteiger partial charge on any atom is 0.319 e. The Morgan fingerprint density at radius 3 is 2.64 bits per heavy atom. The molecule has 1 amide bonds. The second kappa shape index (κ2) is 13.4. The number of hydrogen-bond donors (Lipinski definition) is 1. The van der Waals surface area contributed by atoms with E-state index < -0.39 is 23.0 Å². The number of allylic oxidation sites excluding steroid dienone is 1. The normalized spacial score (nSPS) is 19.6. The Hall–Kier alpha value is -5.17. The number of nitrogens with zero attached hydrogens (tertiary/aromatic N) is 7. The van der Waals surface area contributed by atoms with Crippen molar-refractivity contribution in [2.24, 2.45) is 0 Å². The Bertz CT molecular complexity index is 2320. The Balaban J connectivity index is 1.29. The van der Waals surface area contributed by atoms with Gasteiger partial charge in [-0.15, -0.1) is 0 Å². The van der Waals surface area contributed by atoms with Gasteiger partial charge in [-0.3, -0.25) is 14.4 Å². The fourth-order valence-corrected chi connectivity index (χ4v) is 8.50. The fraction of sp³-hybridized carbons (Fsp3) is 0.400.